The second-order valence-electron chi connectivity index (χ2n) is 4.79. The average molecular weight is 266 g/mol. The van der Waals surface area contributed by atoms with E-state index in [0.29, 0.717) is 11.4 Å². The summed E-state index contributed by atoms with van der Waals surface area (Å²) in [6.07, 6.45) is -4.84. The number of amides is 1. The van der Waals surface area contributed by atoms with E-state index in [1.54, 1.807) is 0 Å². The number of nitrogens with one attached hydrogen (secondary N) is 1. The second-order valence-corrected chi connectivity index (χ2v) is 4.79. The number of fused-ring (bicyclic) bond motifs is 1. The molecule has 0 aromatic carbocycles. The Balaban J connectivity index is 2.13. The summed E-state index contributed by atoms with van der Waals surface area (Å²) >= 11 is 0. The molecule has 0 aromatic heterocycles. The van der Waals surface area contributed by atoms with E-state index >= 15 is 0 Å². The molecular weight excluding hydrogens is 253 g/mol. The summed E-state index contributed by atoms with van der Waals surface area (Å²) < 4.78 is 36.9. The minimum absolute atomic E-state index is 0.0574. The predicted molar refractivity (Wildman–Crippen MR) is 53.7 cm³/mol. The van der Waals surface area contributed by atoms with E-state index in [2.05, 4.69) is 5.32 Å². The number of aliphatic carboxylic acids is 1. The molecule has 2 saturated heterocycles. The Morgan fingerprint density at radius 2 is 2.06 bits per heavy atom. The number of carboxylic acid groups (broad SMARTS) is 1. The molecule has 2 aliphatic heterocycles. The zero-order valence-corrected chi connectivity index (χ0v) is 9.46. The summed E-state index contributed by atoms with van der Waals surface area (Å²) in [5, 5.41) is 12.1. The number of piperidine rings is 1. The Bertz CT molecular complexity index is 385. The van der Waals surface area contributed by atoms with Crippen molar-refractivity contribution in [3.63, 3.8) is 0 Å². The van der Waals surface area contributed by atoms with Crippen LogP contribution in [0.5, 0.6) is 0 Å². The maximum absolute atomic E-state index is 12.3. The lowest BCUT2D eigenvalue weighted by Crippen LogP contribution is -2.54. The van der Waals surface area contributed by atoms with Gasteiger partial charge in [-0.2, -0.15) is 13.2 Å². The first-order valence-electron chi connectivity index (χ1n) is 5.57. The van der Waals surface area contributed by atoms with E-state index < -0.39 is 29.4 Å². The number of hydrogen-bond acceptors (Lipinski definition) is 3. The van der Waals surface area contributed by atoms with Gasteiger partial charge in [-0.25, -0.2) is 0 Å². The maximum Gasteiger partial charge on any atom is 0.471 e. The van der Waals surface area contributed by atoms with Crippen LogP contribution in [-0.2, 0) is 9.59 Å². The van der Waals surface area contributed by atoms with Crippen LogP contribution in [0.3, 0.4) is 0 Å². The third kappa shape index (κ3) is 1.94. The molecule has 102 valence electrons. The van der Waals surface area contributed by atoms with Gasteiger partial charge < -0.3 is 15.3 Å². The molecule has 0 saturated carbocycles. The molecule has 0 aliphatic carbocycles. The van der Waals surface area contributed by atoms with E-state index in [9.17, 15) is 27.9 Å². The van der Waals surface area contributed by atoms with Crippen LogP contribution >= 0.6 is 0 Å². The molecule has 2 atom stereocenters. The van der Waals surface area contributed by atoms with Crippen LogP contribution in [0.2, 0.25) is 0 Å². The first-order valence-corrected chi connectivity index (χ1v) is 5.57. The lowest BCUT2D eigenvalue weighted by Gasteiger charge is -2.40. The highest BCUT2D eigenvalue weighted by molar-refractivity contribution is 5.83. The van der Waals surface area contributed by atoms with Crippen molar-refractivity contribution in [1.82, 2.24) is 10.2 Å². The first-order chi connectivity index (χ1) is 8.27. The monoisotopic (exact) mass is 266 g/mol. The highest BCUT2D eigenvalue weighted by Gasteiger charge is 2.54. The standard InChI is InChI=1S/C10H13F3N2O3/c11-10(12,13)7(16)15-2-1-9(8(17)18)5-14-3-6(9)4-15/h6,14H,1-5H2,(H,17,18)/t6-,9+/m0/s1. The molecule has 0 unspecified atom stereocenters. The Labute approximate surface area is 101 Å². The van der Waals surface area contributed by atoms with E-state index in [-0.39, 0.29) is 26.1 Å². The number of carboxylic acids is 1. The Morgan fingerprint density at radius 3 is 2.61 bits per heavy atom. The van der Waals surface area contributed by atoms with E-state index in [0.717, 1.165) is 0 Å². The van der Waals surface area contributed by atoms with Crippen molar-refractivity contribution in [2.24, 2.45) is 11.3 Å². The van der Waals surface area contributed by atoms with Gasteiger partial charge in [0.2, 0.25) is 0 Å². The minimum atomic E-state index is -4.89. The number of carbonyl (C=O) groups excluding carboxylic acids is 1. The molecule has 2 aliphatic rings. The fraction of sp³-hybridized carbons (Fsp3) is 0.800. The van der Waals surface area contributed by atoms with Gasteiger partial charge in [0.05, 0.1) is 5.41 Å². The molecule has 2 heterocycles. The number of hydrogen-bond donors (Lipinski definition) is 2. The SMILES string of the molecule is O=C(N1CC[C@@]2(C(=O)O)CNC[C@H]2C1)C(F)(F)F. The van der Waals surface area contributed by atoms with Crippen molar-refractivity contribution in [2.75, 3.05) is 26.2 Å². The zero-order valence-electron chi connectivity index (χ0n) is 9.46. The molecule has 2 N–H and O–H groups in total. The topological polar surface area (TPSA) is 69.6 Å². The third-order valence-corrected chi connectivity index (χ3v) is 3.84. The molecule has 18 heavy (non-hydrogen) atoms. The summed E-state index contributed by atoms with van der Waals surface area (Å²) in [6.45, 7) is 0.259. The molecule has 2 fully saturated rings. The van der Waals surface area contributed by atoms with Crippen molar-refractivity contribution in [3.05, 3.63) is 0 Å². The summed E-state index contributed by atoms with van der Waals surface area (Å²) in [7, 11) is 0. The number of halogens is 3. The van der Waals surface area contributed by atoms with E-state index in [4.69, 9.17) is 0 Å². The summed E-state index contributed by atoms with van der Waals surface area (Å²) in [6, 6.07) is 0. The molecular formula is C10H13F3N2O3. The van der Waals surface area contributed by atoms with Gasteiger partial charge in [0.1, 0.15) is 0 Å². The quantitative estimate of drug-likeness (QED) is 0.704. The Morgan fingerprint density at radius 1 is 1.39 bits per heavy atom. The van der Waals surface area contributed by atoms with Crippen LogP contribution in [0.25, 0.3) is 0 Å². The largest absolute Gasteiger partial charge is 0.481 e. The normalized spacial score (nSPS) is 32.2. The second kappa shape index (κ2) is 4.11. The van der Waals surface area contributed by atoms with Crippen LogP contribution in [-0.4, -0.2) is 54.2 Å². The molecule has 0 spiro atoms. The summed E-state index contributed by atoms with van der Waals surface area (Å²) in [5.74, 6) is -3.35. The Hall–Kier alpha value is -1.31. The van der Waals surface area contributed by atoms with Gasteiger partial charge in [-0.3, -0.25) is 9.59 Å². The number of alkyl halides is 3. The number of carbonyl (C=O) groups is 2. The number of nitrogens with zero attached hydrogens (tertiary/aromatic N) is 1. The van der Waals surface area contributed by atoms with Gasteiger partial charge in [0.15, 0.2) is 0 Å². The molecule has 5 nitrogen and oxygen atoms in total. The average Bonchev–Trinajstić information content (AvgIpc) is 2.70. The van der Waals surface area contributed by atoms with E-state index in [1.165, 1.54) is 0 Å². The molecule has 0 bridgehead atoms. The van der Waals surface area contributed by atoms with Crippen molar-refractivity contribution >= 4 is 11.9 Å². The van der Waals surface area contributed by atoms with Gasteiger partial charge in [0.25, 0.3) is 0 Å². The van der Waals surface area contributed by atoms with Crippen LogP contribution < -0.4 is 5.32 Å². The van der Waals surface area contributed by atoms with Gasteiger partial charge >= 0.3 is 18.1 Å². The molecule has 1 amide bonds. The minimum Gasteiger partial charge on any atom is -0.481 e. The maximum atomic E-state index is 12.3. The summed E-state index contributed by atoms with van der Waals surface area (Å²) in [4.78, 5) is 23.1. The summed E-state index contributed by atoms with van der Waals surface area (Å²) in [5.41, 5.74) is -1.03. The zero-order chi connectivity index (χ0) is 13.6. The van der Waals surface area contributed by atoms with Crippen LogP contribution in [0.1, 0.15) is 6.42 Å². The number of likely N-dealkylation sites (tertiary alicyclic amines) is 1. The third-order valence-electron chi connectivity index (χ3n) is 3.84. The molecule has 8 heteroatoms. The van der Waals surface area contributed by atoms with Gasteiger partial charge in [0, 0.05) is 32.1 Å². The van der Waals surface area contributed by atoms with Crippen molar-refractivity contribution in [1.29, 1.82) is 0 Å². The fourth-order valence-corrected chi connectivity index (χ4v) is 2.75. The van der Waals surface area contributed by atoms with Gasteiger partial charge in [-0.15, -0.1) is 0 Å². The number of rotatable bonds is 1. The predicted octanol–water partition coefficient (Wildman–Crippen LogP) is 0.0714. The molecule has 0 aromatic rings. The van der Waals surface area contributed by atoms with Crippen molar-refractivity contribution < 1.29 is 27.9 Å². The van der Waals surface area contributed by atoms with Crippen molar-refractivity contribution in [2.45, 2.75) is 12.6 Å². The van der Waals surface area contributed by atoms with Gasteiger partial charge in [-0.1, -0.05) is 0 Å². The first kappa shape index (κ1) is 13.1. The fourth-order valence-electron chi connectivity index (χ4n) is 2.75. The van der Waals surface area contributed by atoms with Crippen LogP contribution in [0.15, 0.2) is 0 Å². The lowest BCUT2D eigenvalue weighted by molar-refractivity contribution is -0.189. The lowest BCUT2D eigenvalue weighted by atomic mass is 9.72. The highest BCUT2D eigenvalue weighted by atomic mass is 19.4. The Kier molecular flexibility index (Phi) is 3.00. The molecule has 0 radical (unpaired) electrons. The smallest absolute Gasteiger partial charge is 0.471 e. The highest BCUT2D eigenvalue weighted by Crippen LogP contribution is 2.40. The van der Waals surface area contributed by atoms with E-state index in [1.807, 2.05) is 0 Å². The van der Waals surface area contributed by atoms with Gasteiger partial charge in [-0.05, 0) is 6.42 Å². The van der Waals surface area contributed by atoms with Crippen LogP contribution in [0.4, 0.5) is 13.2 Å². The van der Waals surface area contributed by atoms with Crippen LogP contribution in [0, 0.1) is 11.3 Å². The van der Waals surface area contributed by atoms with Crippen molar-refractivity contribution in [3.8, 4) is 0 Å². The molecule has 2 rings (SSSR count).